The molecule has 1 aromatic carbocycles. The molecule has 3 heteroatoms. The molecular formula is C13H15N3. The Morgan fingerprint density at radius 3 is 2.69 bits per heavy atom. The first-order valence-electron chi connectivity index (χ1n) is 5.27. The second-order valence-corrected chi connectivity index (χ2v) is 3.90. The van der Waals surface area contributed by atoms with Crippen LogP contribution in [0.1, 0.15) is 28.4 Å². The highest BCUT2D eigenvalue weighted by molar-refractivity contribution is 5.38. The molecule has 0 aliphatic carbocycles. The van der Waals surface area contributed by atoms with Crippen LogP contribution in [0.4, 0.5) is 0 Å². The second kappa shape index (κ2) is 4.41. The van der Waals surface area contributed by atoms with Crippen LogP contribution >= 0.6 is 0 Å². The lowest BCUT2D eigenvalue weighted by Gasteiger charge is -2.15. The number of benzene rings is 1. The Morgan fingerprint density at radius 1 is 1.19 bits per heavy atom. The van der Waals surface area contributed by atoms with E-state index in [-0.39, 0.29) is 6.04 Å². The van der Waals surface area contributed by atoms with Crippen LogP contribution in [0.3, 0.4) is 0 Å². The predicted molar refractivity (Wildman–Crippen MR) is 64.0 cm³/mol. The molecule has 2 N–H and O–H groups in total. The summed E-state index contributed by atoms with van der Waals surface area (Å²) < 4.78 is 0. The molecule has 0 saturated carbocycles. The summed E-state index contributed by atoms with van der Waals surface area (Å²) >= 11 is 0. The summed E-state index contributed by atoms with van der Waals surface area (Å²) in [6.07, 6.45) is 5.03. The van der Waals surface area contributed by atoms with Crippen molar-refractivity contribution >= 4 is 0 Å². The van der Waals surface area contributed by atoms with E-state index in [0.717, 1.165) is 11.3 Å². The first kappa shape index (κ1) is 10.8. The first-order chi connectivity index (χ1) is 7.70. The fraction of sp³-hybridized carbons (Fsp3) is 0.231. The van der Waals surface area contributed by atoms with Crippen molar-refractivity contribution in [3.63, 3.8) is 0 Å². The number of hydrogen-bond donors (Lipinski definition) is 1. The van der Waals surface area contributed by atoms with Crippen molar-refractivity contribution in [3.05, 3.63) is 59.2 Å². The highest BCUT2D eigenvalue weighted by Crippen LogP contribution is 2.22. The third-order valence-electron chi connectivity index (χ3n) is 2.88. The number of aromatic nitrogens is 2. The van der Waals surface area contributed by atoms with Gasteiger partial charge < -0.3 is 5.73 Å². The lowest BCUT2D eigenvalue weighted by molar-refractivity contribution is 0.809. The standard InChI is InChI=1S/C13H15N3/c1-9-4-3-5-11(10(9)2)13(14)12-8-15-6-7-16-12/h3-8,13H,14H2,1-2H3. The van der Waals surface area contributed by atoms with Crippen molar-refractivity contribution in [3.8, 4) is 0 Å². The van der Waals surface area contributed by atoms with E-state index in [1.165, 1.54) is 11.1 Å². The molecule has 0 amide bonds. The van der Waals surface area contributed by atoms with Crippen molar-refractivity contribution in [1.29, 1.82) is 0 Å². The Balaban J connectivity index is 2.42. The van der Waals surface area contributed by atoms with Crippen LogP contribution in [-0.2, 0) is 0 Å². The van der Waals surface area contributed by atoms with Gasteiger partial charge in [-0.05, 0) is 30.5 Å². The Kier molecular flexibility index (Phi) is 2.97. The largest absolute Gasteiger partial charge is 0.319 e. The number of rotatable bonds is 2. The highest BCUT2D eigenvalue weighted by Gasteiger charge is 2.13. The molecule has 0 saturated heterocycles. The lowest BCUT2D eigenvalue weighted by atomic mass is 9.96. The lowest BCUT2D eigenvalue weighted by Crippen LogP contribution is -2.15. The normalized spacial score (nSPS) is 12.4. The van der Waals surface area contributed by atoms with Gasteiger partial charge in [0, 0.05) is 12.4 Å². The zero-order valence-corrected chi connectivity index (χ0v) is 9.51. The van der Waals surface area contributed by atoms with Crippen molar-refractivity contribution in [1.82, 2.24) is 9.97 Å². The van der Waals surface area contributed by atoms with Crippen molar-refractivity contribution in [2.24, 2.45) is 5.73 Å². The molecule has 1 unspecified atom stereocenters. The molecule has 0 radical (unpaired) electrons. The Hall–Kier alpha value is -1.74. The van der Waals surface area contributed by atoms with E-state index in [4.69, 9.17) is 5.73 Å². The molecule has 16 heavy (non-hydrogen) atoms. The van der Waals surface area contributed by atoms with Crippen LogP contribution in [-0.4, -0.2) is 9.97 Å². The maximum atomic E-state index is 6.18. The average Bonchev–Trinajstić information content (AvgIpc) is 2.33. The molecule has 0 aliphatic heterocycles. The van der Waals surface area contributed by atoms with E-state index < -0.39 is 0 Å². The molecule has 0 spiro atoms. The zero-order valence-electron chi connectivity index (χ0n) is 9.51. The fourth-order valence-corrected chi connectivity index (χ4v) is 1.74. The van der Waals surface area contributed by atoms with Gasteiger partial charge in [-0.15, -0.1) is 0 Å². The minimum atomic E-state index is -0.200. The summed E-state index contributed by atoms with van der Waals surface area (Å²) in [6.45, 7) is 4.17. The smallest absolute Gasteiger partial charge is 0.0799 e. The average molecular weight is 213 g/mol. The molecular weight excluding hydrogens is 198 g/mol. The molecule has 1 aromatic heterocycles. The molecule has 0 aliphatic rings. The molecule has 82 valence electrons. The van der Waals surface area contributed by atoms with Gasteiger partial charge in [-0.25, -0.2) is 0 Å². The van der Waals surface area contributed by atoms with Crippen LogP contribution < -0.4 is 5.73 Å². The van der Waals surface area contributed by atoms with E-state index in [2.05, 4.69) is 29.9 Å². The van der Waals surface area contributed by atoms with Gasteiger partial charge in [-0.3, -0.25) is 9.97 Å². The monoisotopic (exact) mass is 213 g/mol. The summed E-state index contributed by atoms with van der Waals surface area (Å²) in [5.41, 5.74) is 10.6. The number of nitrogens with zero attached hydrogens (tertiary/aromatic N) is 2. The summed E-state index contributed by atoms with van der Waals surface area (Å²) in [6, 6.07) is 5.95. The van der Waals surface area contributed by atoms with Gasteiger partial charge in [0.1, 0.15) is 0 Å². The molecule has 0 fully saturated rings. The molecule has 1 heterocycles. The van der Waals surface area contributed by atoms with E-state index in [1.54, 1.807) is 18.6 Å². The van der Waals surface area contributed by atoms with Crippen molar-refractivity contribution in [2.75, 3.05) is 0 Å². The SMILES string of the molecule is Cc1cccc(C(N)c2cnccn2)c1C. The molecule has 1 atom stereocenters. The maximum Gasteiger partial charge on any atom is 0.0799 e. The number of hydrogen-bond acceptors (Lipinski definition) is 3. The Labute approximate surface area is 95.4 Å². The van der Waals surface area contributed by atoms with Gasteiger partial charge in [0.2, 0.25) is 0 Å². The zero-order chi connectivity index (χ0) is 11.5. The topological polar surface area (TPSA) is 51.8 Å². The van der Waals surface area contributed by atoms with E-state index in [9.17, 15) is 0 Å². The van der Waals surface area contributed by atoms with Crippen LogP contribution in [0, 0.1) is 13.8 Å². The van der Waals surface area contributed by atoms with Gasteiger partial charge in [0.05, 0.1) is 17.9 Å². The summed E-state index contributed by atoms with van der Waals surface area (Å²) in [7, 11) is 0. The van der Waals surface area contributed by atoms with Crippen LogP contribution in [0.5, 0.6) is 0 Å². The third-order valence-corrected chi connectivity index (χ3v) is 2.88. The maximum absolute atomic E-state index is 6.18. The molecule has 2 rings (SSSR count). The number of aryl methyl sites for hydroxylation is 1. The summed E-state index contributed by atoms with van der Waals surface area (Å²) in [4.78, 5) is 8.28. The fourth-order valence-electron chi connectivity index (χ4n) is 1.74. The van der Waals surface area contributed by atoms with Gasteiger partial charge >= 0.3 is 0 Å². The number of nitrogens with two attached hydrogens (primary N) is 1. The van der Waals surface area contributed by atoms with Crippen molar-refractivity contribution < 1.29 is 0 Å². The molecule has 0 bridgehead atoms. The van der Waals surface area contributed by atoms with Crippen LogP contribution in [0.15, 0.2) is 36.8 Å². The van der Waals surface area contributed by atoms with Gasteiger partial charge in [0.25, 0.3) is 0 Å². The minimum Gasteiger partial charge on any atom is -0.319 e. The third kappa shape index (κ3) is 1.95. The quantitative estimate of drug-likeness (QED) is 0.831. The second-order valence-electron chi connectivity index (χ2n) is 3.90. The van der Waals surface area contributed by atoms with Crippen LogP contribution in [0.2, 0.25) is 0 Å². The Morgan fingerprint density at radius 2 is 2.00 bits per heavy atom. The minimum absolute atomic E-state index is 0.200. The summed E-state index contributed by atoms with van der Waals surface area (Å²) in [5.74, 6) is 0. The Bertz CT molecular complexity index is 480. The van der Waals surface area contributed by atoms with E-state index in [0.29, 0.717) is 0 Å². The van der Waals surface area contributed by atoms with Crippen LogP contribution in [0.25, 0.3) is 0 Å². The van der Waals surface area contributed by atoms with E-state index >= 15 is 0 Å². The highest BCUT2D eigenvalue weighted by atomic mass is 14.8. The van der Waals surface area contributed by atoms with E-state index in [1.807, 2.05) is 12.1 Å². The first-order valence-corrected chi connectivity index (χ1v) is 5.27. The molecule has 2 aromatic rings. The van der Waals surface area contributed by atoms with Gasteiger partial charge in [-0.1, -0.05) is 18.2 Å². The van der Waals surface area contributed by atoms with Gasteiger partial charge in [-0.2, -0.15) is 0 Å². The molecule has 3 nitrogen and oxygen atoms in total. The van der Waals surface area contributed by atoms with Gasteiger partial charge in [0.15, 0.2) is 0 Å². The predicted octanol–water partition coefficient (Wildman–Crippen LogP) is 2.14. The van der Waals surface area contributed by atoms with Crippen molar-refractivity contribution in [2.45, 2.75) is 19.9 Å². The summed E-state index contributed by atoms with van der Waals surface area (Å²) in [5, 5.41) is 0.